The number of phenolic OH excluding ortho intramolecular Hbond substituents is 1. The highest BCUT2D eigenvalue weighted by molar-refractivity contribution is 5.60. The molecule has 4 nitrogen and oxygen atoms in total. The zero-order valence-electron chi connectivity index (χ0n) is 24.0. The molecule has 1 atom stereocenters. The fraction of sp³-hybridized carbons (Fsp3) is 0.486. The van der Waals surface area contributed by atoms with Crippen molar-refractivity contribution in [3.63, 3.8) is 0 Å². The molecule has 1 fully saturated rings. The predicted molar refractivity (Wildman–Crippen MR) is 162 cm³/mol. The Balaban J connectivity index is 1.26. The highest BCUT2D eigenvalue weighted by Gasteiger charge is 2.24. The van der Waals surface area contributed by atoms with Gasteiger partial charge in [-0.3, -0.25) is 0 Å². The van der Waals surface area contributed by atoms with E-state index in [4.69, 9.17) is 4.74 Å². The standard InChI is InChI=1S/C35H46N2O2/c1-3-37(26-28-12-10-27(11-13-28)9-8-22-36-20-6-4-5-7-21-36)35-25-33(39-2)18-19-34(35)31-15-14-30-24-32(38)17-16-29(30)23-31/h10-13,16-19,24-25,31,38H,3-9,14-15,20-23,26H2,1-2H3. The number of ether oxygens (including phenoxy) is 1. The number of likely N-dealkylation sites (tertiary alicyclic amines) is 1. The summed E-state index contributed by atoms with van der Waals surface area (Å²) in [5, 5.41) is 9.92. The lowest BCUT2D eigenvalue weighted by Crippen LogP contribution is -2.26. The van der Waals surface area contributed by atoms with E-state index in [2.05, 4.69) is 65.3 Å². The quantitative estimate of drug-likeness (QED) is 0.297. The van der Waals surface area contributed by atoms with E-state index in [0.29, 0.717) is 11.7 Å². The summed E-state index contributed by atoms with van der Waals surface area (Å²) in [5.41, 5.74) is 8.14. The van der Waals surface area contributed by atoms with Crippen molar-refractivity contribution in [2.24, 2.45) is 0 Å². The van der Waals surface area contributed by atoms with Crippen LogP contribution in [-0.2, 0) is 25.8 Å². The molecule has 1 N–H and O–H groups in total. The third-order valence-electron chi connectivity index (χ3n) is 8.85. The number of anilines is 1. The van der Waals surface area contributed by atoms with Crippen molar-refractivity contribution in [3.05, 3.63) is 88.5 Å². The second-order valence-electron chi connectivity index (χ2n) is 11.5. The number of rotatable bonds is 10. The van der Waals surface area contributed by atoms with Crippen LogP contribution >= 0.6 is 0 Å². The Labute approximate surface area is 235 Å². The average Bonchev–Trinajstić information content (AvgIpc) is 3.25. The Bertz CT molecular complexity index is 1200. The summed E-state index contributed by atoms with van der Waals surface area (Å²) in [5.74, 6) is 1.74. The van der Waals surface area contributed by atoms with Gasteiger partial charge in [0.1, 0.15) is 11.5 Å². The highest BCUT2D eigenvalue weighted by Crippen LogP contribution is 2.40. The van der Waals surface area contributed by atoms with Crippen molar-refractivity contribution >= 4 is 5.69 Å². The molecule has 0 spiro atoms. The molecule has 0 radical (unpaired) electrons. The van der Waals surface area contributed by atoms with Crippen LogP contribution in [0.25, 0.3) is 0 Å². The maximum absolute atomic E-state index is 9.92. The first-order valence-corrected chi connectivity index (χ1v) is 15.2. The molecule has 1 aliphatic carbocycles. The fourth-order valence-electron chi connectivity index (χ4n) is 6.54. The SMILES string of the molecule is CCN(Cc1ccc(CCCN2CCCCCC2)cc1)c1cc(OC)ccc1C1CCc2cc(O)ccc2C1. The first-order chi connectivity index (χ1) is 19.1. The summed E-state index contributed by atoms with van der Waals surface area (Å²) in [6.45, 7) is 7.89. The molecule has 1 heterocycles. The summed E-state index contributed by atoms with van der Waals surface area (Å²) >= 11 is 0. The predicted octanol–water partition coefficient (Wildman–Crippen LogP) is 7.51. The minimum Gasteiger partial charge on any atom is -0.508 e. The molecule has 1 saturated heterocycles. The molecule has 4 heteroatoms. The second-order valence-corrected chi connectivity index (χ2v) is 11.5. The van der Waals surface area contributed by atoms with Crippen LogP contribution in [0.2, 0.25) is 0 Å². The van der Waals surface area contributed by atoms with E-state index in [1.165, 1.54) is 85.2 Å². The van der Waals surface area contributed by atoms with Gasteiger partial charge in [-0.15, -0.1) is 0 Å². The normalized spacial score (nSPS) is 17.8. The van der Waals surface area contributed by atoms with Gasteiger partial charge in [0.05, 0.1) is 7.11 Å². The molecule has 39 heavy (non-hydrogen) atoms. The number of aromatic hydroxyl groups is 1. The highest BCUT2D eigenvalue weighted by atomic mass is 16.5. The summed E-state index contributed by atoms with van der Waals surface area (Å²) in [6.07, 6.45) is 11.1. The van der Waals surface area contributed by atoms with Crippen molar-refractivity contribution in [2.45, 2.75) is 77.2 Å². The molecule has 3 aromatic carbocycles. The molecule has 2 aliphatic rings. The van der Waals surface area contributed by atoms with Crippen molar-refractivity contribution < 1.29 is 9.84 Å². The maximum Gasteiger partial charge on any atom is 0.120 e. The van der Waals surface area contributed by atoms with Gasteiger partial charge in [0, 0.05) is 24.8 Å². The summed E-state index contributed by atoms with van der Waals surface area (Å²) < 4.78 is 5.66. The van der Waals surface area contributed by atoms with Gasteiger partial charge >= 0.3 is 0 Å². The van der Waals surface area contributed by atoms with Crippen LogP contribution in [-0.4, -0.2) is 43.3 Å². The molecule has 0 aromatic heterocycles. The maximum atomic E-state index is 9.92. The first kappa shape index (κ1) is 27.6. The van der Waals surface area contributed by atoms with Gasteiger partial charge in [0.2, 0.25) is 0 Å². The van der Waals surface area contributed by atoms with Crippen LogP contribution in [0.15, 0.2) is 60.7 Å². The zero-order valence-corrected chi connectivity index (χ0v) is 24.0. The van der Waals surface area contributed by atoms with Crippen LogP contribution in [0.4, 0.5) is 5.69 Å². The Hall–Kier alpha value is -2.98. The monoisotopic (exact) mass is 526 g/mol. The molecular weight excluding hydrogens is 480 g/mol. The molecule has 0 saturated carbocycles. The number of benzene rings is 3. The molecule has 0 amide bonds. The van der Waals surface area contributed by atoms with Gasteiger partial charge in [-0.05, 0) is 123 Å². The summed E-state index contributed by atoms with van der Waals surface area (Å²) in [6, 6.07) is 21.8. The molecule has 208 valence electrons. The van der Waals surface area contributed by atoms with Crippen LogP contribution in [0, 0.1) is 0 Å². The topological polar surface area (TPSA) is 35.9 Å². The average molecular weight is 527 g/mol. The zero-order chi connectivity index (χ0) is 27.0. The lowest BCUT2D eigenvalue weighted by molar-refractivity contribution is 0.281. The van der Waals surface area contributed by atoms with Crippen molar-refractivity contribution in [2.75, 3.05) is 38.2 Å². The molecule has 1 aliphatic heterocycles. The van der Waals surface area contributed by atoms with Gasteiger partial charge in [-0.2, -0.15) is 0 Å². The minimum atomic E-state index is 0.373. The van der Waals surface area contributed by atoms with Crippen LogP contribution in [0.1, 0.15) is 79.2 Å². The van der Waals surface area contributed by atoms with E-state index in [9.17, 15) is 5.11 Å². The van der Waals surface area contributed by atoms with E-state index in [1.54, 1.807) is 7.11 Å². The Morgan fingerprint density at radius 3 is 2.41 bits per heavy atom. The van der Waals surface area contributed by atoms with Gasteiger partial charge in [0.15, 0.2) is 0 Å². The van der Waals surface area contributed by atoms with Gasteiger partial charge in [0.25, 0.3) is 0 Å². The van der Waals surface area contributed by atoms with E-state index >= 15 is 0 Å². The molecule has 3 aromatic rings. The number of nitrogens with zero attached hydrogens (tertiary/aromatic N) is 2. The molecule has 5 rings (SSSR count). The third-order valence-corrected chi connectivity index (χ3v) is 8.85. The molecule has 1 unspecified atom stereocenters. The van der Waals surface area contributed by atoms with Crippen molar-refractivity contribution in [1.82, 2.24) is 4.90 Å². The third kappa shape index (κ3) is 7.16. The van der Waals surface area contributed by atoms with Gasteiger partial charge < -0.3 is 19.6 Å². The number of methoxy groups -OCH3 is 1. The van der Waals surface area contributed by atoms with E-state index in [1.807, 2.05) is 12.1 Å². The number of hydrogen-bond acceptors (Lipinski definition) is 4. The Morgan fingerprint density at radius 2 is 1.67 bits per heavy atom. The minimum absolute atomic E-state index is 0.373. The number of fused-ring (bicyclic) bond motifs is 1. The van der Waals surface area contributed by atoms with Crippen LogP contribution in [0.3, 0.4) is 0 Å². The van der Waals surface area contributed by atoms with E-state index < -0.39 is 0 Å². The van der Waals surface area contributed by atoms with Crippen molar-refractivity contribution in [1.29, 1.82) is 0 Å². The molecule has 0 bridgehead atoms. The van der Waals surface area contributed by atoms with E-state index in [0.717, 1.165) is 44.5 Å². The lowest BCUT2D eigenvalue weighted by Gasteiger charge is -2.32. The summed E-state index contributed by atoms with van der Waals surface area (Å²) in [4.78, 5) is 5.17. The first-order valence-electron chi connectivity index (χ1n) is 15.2. The molecular formula is C35H46N2O2. The van der Waals surface area contributed by atoms with Crippen LogP contribution < -0.4 is 9.64 Å². The fourth-order valence-corrected chi connectivity index (χ4v) is 6.54. The lowest BCUT2D eigenvalue weighted by atomic mass is 9.79. The van der Waals surface area contributed by atoms with Crippen LogP contribution in [0.5, 0.6) is 11.5 Å². The van der Waals surface area contributed by atoms with Crippen molar-refractivity contribution in [3.8, 4) is 11.5 Å². The number of aryl methyl sites for hydroxylation is 2. The number of hydrogen-bond donors (Lipinski definition) is 1. The smallest absolute Gasteiger partial charge is 0.120 e. The number of phenols is 1. The second kappa shape index (κ2) is 13.4. The Kier molecular flexibility index (Phi) is 9.47. The Morgan fingerprint density at radius 1 is 0.897 bits per heavy atom. The van der Waals surface area contributed by atoms with Gasteiger partial charge in [-0.1, -0.05) is 49.2 Å². The van der Waals surface area contributed by atoms with Gasteiger partial charge in [-0.25, -0.2) is 0 Å². The largest absolute Gasteiger partial charge is 0.508 e. The van der Waals surface area contributed by atoms with E-state index in [-0.39, 0.29) is 0 Å². The summed E-state index contributed by atoms with van der Waals surface area (Å²) in [7, 11) is 1.75.